The Kier molecular flexibility index (Phi) is 4.03. The van der Waals surface area contributed by atoms with Gasteiger partial charge in [0.25, 0.3) is 0 Å². The van der Waals surface area contributed by atoms with Crippen LogP contribution in [0.5, 0.6) is 5.75 Å². The van der Waals surface area contributed by atoms with Crippen molar-refractivity contribution in [1.29, 1.82) is 0 Å². The van der Waals surface area contributed by atoms with E-state index in [4.69, 9.17) is 6.42 Å². The number of nitrogens with zero attached hydrogens (tertiary/aromatic N) is 1. The van der Waals surface area contributed by atoms with Gasteiger partial charge in [0.15, 0.2) is 0 Å². The summed E-state index contributed by atoms with van der Waals surface area (Å²) in [7, 11) is 1.97. The zero-order chi connectivity index (χ0) is 13.8. The van der Waals surface area contributed by atoms with Gasteiger partial charge in [-0.05, 0) is 30.5 Å². The van der Waals surface area contributed by atoms with Gasteiger partial charge >= 0.3 is 0 Å². The fourth-order valence-corrected chi connectivity index (χ4v) is 2.53. The van der Waals surface area contributed by atoms with E-state index in [1.807, 2.05) is 36.4 Å². The minimum absolute atomic E-state index is 0.133. The lowest BCUT2D eigenvalue weighted by Gasteiger charge is -2.22. The van der Waals surface area contributed by atoms with E-state index in [2.05, 4.69) is 18.1 Å². The first-order valence-electron chi connectivity index (χ1n) is 5.83. The first kappa shape index (κ1) is 13.4. The summed E-state index contributed by atoms with van der Waals surface area (Å²) in [5, 5.41) is 9.84. The number of phenols is 1. The molecule has 0 radical (unpaired) electrons. The minimum atomic E-state index is 0.133. The molecule has 0 heterocycles. The van der Waals surface area contributed by atoms with Gasteiger partial charge in [0.1, 0.15) is 5.75 Å². The maximum absolute atomic E-state index is 9.84. The second-order valence-corrected chi connectivity index (χ2v) is 4.92. The van der Waals surface area contributed by atoms with Crippen molar-refractivity contribution < 1.29 is 5.11 Å². The van der Waals surface area contributed by atoms with E-state index in [1.165, 1.54) is 4.90 Å². The highest BCUT2D eigenvalue weighted by Crippen LogP contribution is 2.34. The lowest BCUT2D eigenvalue weighted by molar-refractivity contribution is 0.474. The highest BCUT2D eigenvalue weighted by Gasteiger charge is 2.10. The Morgan fingerprint density at radius 1 is 1.21 bits per heavy atom. The molecule has 19 heavy (non-hydrogen) atoms. The van der Waals surface area contributed by atoms with E-state index in [0.29, 0.717) is 5.56 Å². The molecule has 0 saturated carbocycles. The SMILES string of the molecule is C#Cc1ccc(N(C)c2ccccc2SC)cc1O. The summed E-state index contributed by atoms with van der Waals surface area (Å²) >= 11 is 1.69. The van der Waals surface area contributed by atoms with Gasteiger partial charge < -0.3 is 10.0 Å². The summed E-state index contributed by atoms with van der Waals surface area (Å²) in [6.45, 7) is 0. The fraction of sp³-hybridized carbons (Fsp3) is 0.125. The smallest absolute Gasteiger partial charge is 0.133 e. The molecule has 2 nitrogen and oxygen atoms in total. The van der Waals surface area contributed by atoms with Crippen molar-refractivity contribution in [2.45, 2.75) is 4.90 Å². The fourth-order valence-electron chi connectivity index (χ4n) is 1.90. The third kappa shape index (κ3) is 2.69. The Labute approximate surface area is 118 Å². The molecular formula is C16H15NOS. The number of hydrogen-bond donors (Lipinski definition) is 1. The van der Waals surface area contributed by atoms with E-state index in [0.717, 1.165) is 11.4 Å². The van der Waals surface area contributed by atoms with E-state index in [-0.39, 0.29) is 5.75 Å². The number of rotatable bonds is 3. The Balaban J connectivity index is 2.42. The highest BCUT2D eigenvalue weighted by molar-refractivity contribution is 7.98. The number of terminal acetylenes is 1. The van der Waals surface area contributed by atoms with Crippen LogP contribution in [0.1, 0.15) is 5.56 Å². The molecule has 0 saturated heterocycles. The zero-order valence-corrected chi connectivity index (χ0v) is 11.7. The van der Waals surface area contributed by atoms with Crippen LogP contribution in [0.3, 0.4) is 0 Å². The molecule has 96 valence electrons. The lowest BCUT2D eigenvalue weighted by atomic mass is 10.1. The van der Waals surface area contributed by atoms with Gasteiger partial charge in [-0.15, -0.1) is 18.2 Å². The Morgan fingerprint density at radius 3 is 2.58 bits per heavy atom. The third-order valence-corrected chi connectivity index (χ3v) is 3.76. The first-order chi connectivity index (χ1) is 9.17. The highest BCUT2D eigenvalue weighted by atomic mass is 32.2. The summed E-state index contributed by atoms with van der Waals surface area (Å²) in [5.74, 6) is 2.58. The van der Waals surface area contributed by atoms with Crippen LogP contribution in [0.25, 0.3) is 0 Å². The zero-order valence-electron chi connectivity index (χ0n) is 10.9. The molecule has 0 amide bonds. The topological polar surface area (TPSA) is 23.5 Å². The van der Waals surface area contributed by atoms with E-state index in [1.54, 1.807) is 23.9 Å². The molecule has 0 aliphatic heterocycles. The summed E-state index contributed by atoms with van der Waals surface area (Å²) in [6, 6.07) is 13.5. The van der Waals surface area contributed by atoms with Crippen molar-refractivity contribution in [2.24, 2.45) is 0 Å². The molecule has 0 aliphatic carbocycles. The van der Waals surface area contributed by atoms with Gasteiger partial charge in [0, 0.05) is 23.7 Å². The standard InChI is InChI=1S/C16H15NOS/c1-4-12-9-10-13(11-15(12)18)17(2)14-7-5-6-8-16(14)19-3/h1,5-11,18H,2-3H3. The van der Waals surface area contributed by atoms with Gasteiger partial charge in [-0.2, -0.15) is 0 Å². The number of para-hydroxylation sites is 1. The van der Waals surface area contributed by atoms with Gasteiger partial charge in [0.05, 0.1) is 11.3 Å². The van der Waals surface area contributed by atoms with E-state index in [9.17, 15) is 5.11 Å². The van der Waals surface area contributed by atoms with Gasteiger partial charge in [-0.25, -0.2) is 0 Å². The minimum Gasteiger partial charge on any atom is -0.507 e. The molecule has 2 aromatic rings. The molecule has 0 aliphatic rings. The Hall–Kier alpha value is -2.05. The third-order valence-electron chi connectivity index (χ3n) is 2.97. The normalized spacial score (nSPS) is 9.95. The molecule has 0 unspecified atom stereocenters. The molecule has 0 fully saturated rings. The largest absolute Gasteiger partial charge is 0.507 e. The van der Waals surface area contributed by atoms with Crippen molar-refractivity contribution in [3.8, 4) is 18.1 Å². The second kappa shape index (κ2) is 5.73. The molecule has 0 bridgehead atoms. The van der Waals surface area contributed by atoms with E-state index >= 15 is 0 Å². The molecule has 2 aromatic carbocycles. The lowest BCUT2D eigenvalue weighted by Crippen LogP contribution is -2.10. The van der Waals surface area contributed by atoms with Crippen molar-refractivity contribution in [3.05, 3.63) is 48.0 Å². The van der Waals surface area contributed by atoms with Crippen molar-refractivity contribution in [3.63, 3.8) is 0 Å². The molecular weight excluding hydrogens is 254 g/mol. The quantitative estimate of drug-likeness (QED) is 0.676. The number of aromatic hydroxyl groups is 1. The average Bonchev–Trinajstić information content (AvgIpc) is 2.46. The summed E-state index contributed by atoms with van der Waals surface area (Å²) in [6.07, 6.45) is 7.35. The predicted octanol–water partition coefficient (Wildman–Crippen LogP) is 3.86. The number of phenolic OH excluding ortho intramolecular Hbond substituents is 1. The molecule has 3 heteroatoms. The number of benzene rings is 2. The molecule has 1 N–H and O–H groups in total. The van der Waals surface area contributed by atoms with Crippen LogP contribution in [-0.2, 0) is 0 Å². The summed E-state index contributed by atoms with van der Waals surface area (Å²) in [5.41, 5.74) is 2.51. The average molecular weight is 269 g/mol. The monoisotopic (exact) mass is 269 g/mol. The van der Waals surface area contributed by atoms with Gasteiger partial charge in [-0.3, -0.25) is 0 Å². The van der Waals surface area contributed by atoms with Crippen molar-refractivity contribution in [1.82, 2.24) is 0 Å². The number of thioether (sulfide) groups is 1. The van der Waals surface area contributed by atoms with Crippen LogP contribution in [-0.4, -0.2) is 18.4 Å². The van der Waals surface area contributed by atoms with Crippen LogP contribution < -0.4 is 4.90 Å². The van der Waals surface area contributed by atoms with Crippen molar-refractivity contribution >= 4 is 23.1 Å². The molecule has 2 rings (SSSR count). The summed E-state index contributed by atoms with van der Waals surface area (Å²) in [4.78, 5) is 3.22. The Morgan fingerprint density at radius 2 is 1.95 bits per heavy atom. The predicted molar refractivity (Wildman–Crippen MR) is 82.3 cm³/mol. The van der Waals surface area contributed by atoms with Crippen LogP contribution in [0.4, 0.5) is 11.4 Å². The molecule has 0 atom stereocenters. The maximum Gasteiger partial charge on any atom is 0.133 e. The summed E-state index contributed by atoms with van der Waals surface area (Å²) < 4.78 is 0. The van der Waals surface area contributed by atoms with Crippen LogP contribution >= 0.6 is 11.8 Å². The molecule has 0 spiro atoms. The number of anilines is 2. The van der Waals surface area contributed by atoms with Crippen molar-refractivity contribution in [2.75, 3.05) is 18.2 Å². The van der Waals surface area contributed by atoms with Crippen LogP contribution in [0, 0.1) is 12.3 Å². The van der Waals surface area contributed by atoms with Gasteiger partial charge in [0.2, 0.25) is 0 Å². The molecule has 0 aromatic heterocycles. The van der Waals surface area contributed by atoms with Crippen LogP contribution in [0.15, 0.2) is 47.4 Å². The second-order valence-electron chi connectivity index (χ2n) is 4.08. The van der Waals surface area contributed by atoms with E-state index < -0.39 is 0 Å². The van der Waals surface area contributed by atoms with Gasteiger partial charge in [-0.1, -0.05) is 18.1 Å². The first-order valence-corrected chi connectivity index (χ1v) is 7.06. The van der Waals surface area contributed by atoms with Crippen LogP contribution in [0.2, 0.25) is 0 Å². The Bertz CT molecular complexity index is 631. The maximum atomic E-state index is 9.84. The number of hydrogen-bond acceptors (Lipinski definition) is 3.